The van der Waals surface area contributed by atoms with Crippen LogP contribution in [0.25, 0.3) is 10.9 Å². The van der Waals surface area contributed by atoms with Crippen LogP contribution in [0.5, 0.6) is 0 Å². The summed E-state index contributed by atoms with van der Waals surface area (Å²) in [6.07, 6.45) is 0.468. The molecule has 1 heterocycles. The molecule has 0 bridgehead atoms. The third kappa shape index (κ3) is 6.12. The number of carbonyl (C=O) groups is 3. The molecule has 0 saturated carbocycles. The van der Waals surface area contributed by atoms with Gasteiger partial charge in [-0.1, -0.05) is 54.6 Å². The van der Waals surface area contributed by atoms with E-state index >= 15 is 0 Å². The fourth-order valence-corrected chi connectivity index (χ4v) is 3.34. The lowest BCUT2D eigenvalue weighted by Crippen LogP contribution is -2.53. The molecule has 0 unspecified atom stereocenters. The first-order valence-electron chi connectivity index (χ1n) is 10.00. The number of nitrogens with zero attached hydrogens (tertiary/aromatic N) is 1. The second kappa shape index (κ2) is 10.3. The van der Waals surface area contributed by atoms with Gasteiger partial charge in [0.15, 0.2) is 0 Å². The Morgan fingerprint density at radius 3 is 2.29 bits per heavy atom. The average Bonchev–Trinajstić information content (AvgIpc) is 2.78. The highest BCUT2D eigenvalue weighted by Crippen LogP contribution is 2.13. The lowest BCUT2D eigenvalue weighted by atomic mass is 10.0. The van der Waals surface area contributed by atoms with Crippen LogP contribution in [-0.2, 0) is 32.0 Å². The molecule has 2 atom stereocenters. The van der Waals surface area contributed by atoms with E-state index in [0.717, 1.165) is 16.5 Å². The zero-order valence-electron chi connectivity index (χ0n) is 17.5. The minimum atomic E-state index is -0.932. The Kier molecular flexibility index (Phi) is 7.32. The number of ether oxygens (including phenoxy) is 1. The zero-order valence-corrected chi connectivity index (χ0v) is 17.5. The second-order valence-electron chi connectivity index (χ2n) is 7.23. The smallest absolute Gasteiger partial charge is 0.328 e. The first-order valence-corrected chi connectivity index (χ1v) is 10.00. The van der Waals surface area contributed by atoms with E-state index in [1.165, 1.54) is 14.0 Å². The number of para-hydroxylation sites is 1. The zero-order chi connectivity index (χ0) is 22.2. The number of benzene rings is 2. The van der Waals surface area contributed by atoms with Crippen LogP contribution in [0.4, 0.5) is 0 Å². The molecule has 0 saturated heterocycles. The average molecular weight is 419 g/mol. The maximum Gasteiger partial charge on any atom is 0.328 e. The standard InChI is InChI=1S/C24H25N3O4/c1-16(28)25-21(14-17-8-4-3-5-9-17)23(29)27-22(24(30)31-2)15-19-13-12-18-10-6-7-11-20(18)26-19/h3-13,21-22H,14-15H2,1-2H3,(H,25,28)(H,27,29)/t21-,22-/m0/s1. The fourth-order valence-electron chi connectivity index (χ4n) is 3.34. The Morgan fingerprint density at radius 2 is 1.58 bits per heavy atom. The molecule has 0 aliphatic rings. The van der Waals surface area contributed by atoms with E-state index in [4.69, 9.17) is 4.74 Å². The molecule has 2 aromatic carbocycles. The highest BCUT2D eigenvalue weighted by molar-refractivity contribution is 5.90. The SMILES string of the molecule is COC(=O)[C@H](Cc1ccc2ccccc2n1)NC(=O)[C@H](Cc1ccccc1)NC(C)=O. The van der Waals surface area contributed by atoms with E-state index in [0.29, 0.717) is 12.1 Å². The van der Waals surface area contributed by atoms with Gasteiger partial charge in [0.1, 0.15) is 12.1 Å². The molecule has 2 N–H and O–H groups in total. The van der Waals surface area contributed by atoms with Gasteiger partial charge in [-0.25, -0.2) is 4.79 Å². The fraction of sp³-hybridized carbons (Fsp3) is 0.250. The Labute approximate surface area is 180 Å². The molecule has 0 fully saturated rings. The van der Waals surface area contributed by atoms with Gasteiger partial charge < -0.3 is 15.4 Å². The van der Waals surface area contributed by atoms with Gasteiger partial charge >= 0.3 is 5.97 Å². The van der Waals surface area contributed by atoms with E-state index in [9.17, 15) is 14.4 Å². The molecule has 7 nitrogen and oxygen atoms in total. The minimum Gasteiger partial charge on any atom is -0.467 e. The van der Waals surface area contributed by atoms with Crippen molar-refractivity contribution in [2.45, 2.75) is 31.8 Å². The Bertz CT molecular complexity index is 1070. The van der Waals surface area contributed by atoms with Crippen molar-refractivity contribution in [3.05, 3.63) is 78.0 Å². The van der Waals surface area contributed by atoms with Crippen molar-refractivity contribution in [1.82, 2.24) is 15.6 Å². The summed E-state index contributed by atoms with van der Waals surface area (Å²) in [7, 11) is 1.27. The summed E-state index contributed by atoms with van der Waals surface area (Å²) in [6.45, 7) is 1.35. The first kappa shape index (κ1) is 22.0. The Balaban J connectivity index is 1.77. The maximum absolute atomic E-state index is 13.0. The van der Waals surface area contributed by atoms with Gasteiger partial charge in [0.05, 0.1) is 12.6 Å². The number of aromatic nitrogens is 1. The third-order valence-electron chi connectivity index (χ3n) is 4.85. The summed E-state index contributed by atoms with van der Waals surface area (Å²) in [5.41, 5.74) is 2.34. The van der Waals surface area contributed by atoms with Crippen LogP contribution < -0.4 is 10.6 Å². The van der Waals surface area contributed by atoms with Crippen molar-refractivity contribution >= 4 is 28.7 Å². The molecule has 0 spiro atoms. The number of nitrogens with one attached hydrogen (secondary N) is 2. The van der Waals surface area contributed by atoms with E-state index < -0.39 is 24.0 Å². The number of rotatable bonds is 8. The normalized spacial score (nSPS) is 12.6. The van der Waals surface area contributed by atoms with Crippen molar-refractivity contribution in [3.8, 4) is 0 Å². The molecule has 3 aromatic rings. The van der Waals surface area contributed by atoms with Gasteiger partial charge in [0.2, 0.25) is 11.8 Å². The van der Waals surface area contributed by atoms with Crippen molar-refractivity contribution < 1.29 is 19.1 Å². The minimum absolute atomic E-state index is 0.168. The van der Waals surface area contributed by atoms with Crippen LogP contribution in [0.15, 0.2) is 66.7 Å². The largest absolute Gasteiger partial charge is 0.467 e. The number of amides is 2. The molecule has 7 heteroatoms. The number of hydrogen-bond acceptors (Lipinski definition) is 5. The summed E-state index contributed by atoms with van der Waals surface area (Å²) in [5.74, 6) is -1.37. The number of carbonyl (C=O) groups excluding carboxylic acids is 3. The number of fused-ring (bicyclic) bond motifs is 1. The monoisotopic (exact) mass is 419 g/mol. The summed E-state index contributed by atoms with van der Waals surface area (Å²) in [6, 6.07) is 19.0. The Morgan fingerprint density at radius 1 is 0.871 bits per heavy atom. The lowest BCUT2D eigenvalue weighted by Gasteiger charge is -2.22. The first-order chi connectivity index (χ1) is 15.0. The van der Waals surface area contributed by atoms with Gasteiger partial charge in [-0.05, 0) is 17.7 Å². The van der Waals surface area contributed by atoms with Crippen molar-refractivity contribution in [2.24, 2.45) is 0 Å². The molecule has 0 radical (unpaired) electrons. The number of esters is 1. The van der Waals surface area contributed by atoms with Crippen molar-refractivity contribution in [1.29, 1.82) is 0 Å². The van der Waals surface area contributed by atoms with Gasteiger partial charge in [0, 0.05) is 30.8 Å². The molecule has 0 aliphatic heterocycles. The molecular weight excluding hydrogens is 394 g/mol. The van der Waals surface area contributed by atoms with Crippen molar-refractivity contribution in [2.75, 3.05) is 7.11 Å². The van der Waals surface area contributed by atoms with Crippen LogP contribution in [0.1, 0.15) is 18.2 Å². The van der Waals surface area contributed by atoms with Crippen LogP contribution >= 0.6 is 0 Å². The second-order valence-corrected chi connectivity index (χ2v) is 7.23. The van der Waals surface area contributed by atoms with Crippen LogP contribution in [0.2, 0.25) is 0 Å². The number of pyridine rings is 1. The number of hydrogen-bond donors (Lipinski definition) is 2. The highest BCUT2D eigenvalue weighted by atomic mass is 16.5. The Hall–Kier alpha value is -3.74. The number of methoxy groups -OCH3 is 1. The maximum atomic E-state index is 13.0. The molecule has 160 valence electrons. The highest BCUT2D eigenvalue weighted by Gasteiger charge is 2.27. The quantitative estimate of drug-likeness (QED) is 0.546. The van der Waals surface area contributed by atoms with Crippen LogP contribution in [0.3, 0.4) is 0 Å². The topological polar surface area (TPSA) is 97.4 Å². The van der Waals surface area contributed by atoms with E-state index in [1.807, 2.05) is 66.7 Å². The van der Waals surface area contributed by atoms with Crippen molar-refractivity contribution in [3.63, 3.8) is 0 Å². The third-order valence-corrected chi connectivity index (χ3v) is 4.85. The molecule has 3 rings (SSSR count). The lowest BCUT2D eigenvalue weighted by molar-refractivity contribution is -0.145. The van der Waals surface area contributed by atoms with Gasteiger partial charge in [-0.2, -0.15) is 0 Å². The van der Waals surface area contributed by atoms with Gasteiger partial charge in [-0.15, -0.1) is 0 Å². The summed E-state index contributed by atoms with van der Waals surface area (Å²) in [5, 5.41) is 6.37. The molecule has 2 amide bonds. The van der Waals surface area contributed by atoms with E-state index in [1.54, 1.807) is 0 Å². The predicted octanol–water partition coefficient (Wildman–Crippen LogP) is 2.18. The predicted molar refractivity (Wildman–Crippen MR) is 117 cm³/mol. The van der Waals surface area contributed by atoms with E-state index in [-0.39, 0.29) is 12.3 Å². The van der Waals surface area contributed by atoms with Gasteiger partial charge in [0.25, 0.3) is 0 Å². The molecule has 1 aromatic heterocycles. The van der Waals surface area contributed by atoms with Gasteiger partial charge in [-0.3, -0.25) is 14.6 Å². The summed E-state index contributed by atoms with van der Waals surface area (Å²) >= 11 is 0. The molecule has 0 aliphatic carbocycles. The van der Waals surface area contributed by atoms with Crippen LogP contribution in [0, 0.1) is 0 Å². The molecular formula is C24H25N3O4. The van der Waals surface area contributed by atoms with Crippen LogP contribution in [-0.4, -0.2) is 42.0 Å². The summed E-state index contributed by atoms with van der Waals surface area (Å²) in [4.78, 5) is 41.5. The van der Waals surface area contributed by atoms with E-state index in [2.05, 4.69) is 15.6 Å². The summed E-state index contributed by atoms with van der Waals surface area (Å²) < 4.78 is 4.88. The molecule has 31 heavy (non-hydrogen) atoms.